The van der Waals surface area contributed by atoms with Gasteiger partial charge in [0, 0.05) is 28.8 Å². The molecule has 6 nitrogen and oxygen atoms in total. The third-order valence-corrected chi connectivity index (χ3v) is 4.31. The molecule has 0 spiro atoms. The molecular formula is C11H12Cl2N2O4S. The van der Waals surface area contributed by atoms with Gasteiger partial charge in [0.25, 0.3) is 9.05 Å². The summed E-state index contributed by atoms with van der Waals surface area (Å²) in [7, 11) is 1.38. The minimum absolute atomic E-state index is 0.115. The first-order valence-corrected chi connectivity index (χ1v) is 8.46. The van der Waals surface area contributed by atoms with Crippen LogP contribution in [0.2, 0.25) is 5.02 Å². The lowest BCUT2D eigenvalue weighted by molar-refractivity contribution is 0.201. The van der Waals surface area contributed by atoms with Gasteiger partial charge < -0.3 is 15.0 Å². The monoisotopic (exact) mass is 338 g/mol. The lowest BCUT2D eigenvalue weighted by Crippen LogP contribution is -2.31. The Hall–Kier alpha value is -1.18. The molecule has 110 valence electrons. The van der Waals surface area contributed by atoms with Gasteiger partial charge in [0.1, 0.15) is 17.3 Å². The maximum Gasteiger partial charge on any atom is 0.317 e. The smallest absolute Gasteiger partial charge is 0.317 e. The maximum atomic E-state index is 11.4. The van der Waals surface area contributed by atoms with Gasteiger partial charge in [-0.25, -0.2) is 13.2 Å². The average Bonchev–Trinajstić information content (AvgIpc) is 2.76. The molecular weight excluding hydrogens is 327 g/mol. The highest BCUT2D eigenvalue weighted by Gasteiger charge is 2.20. The number of halogens is 2. The Morgan fingerprint density at radius 2 is 2.15 bits per heavy atom. The lowest BCUT2D eigenvalue weighted by atomic mass is 10.3. The van der Waals surface area contributed by atoms with Crippen LogP contribution in [0, 0.1) is 0 Å². The third kappa shape index (κ3) is 3.68. The minimum Gasteiger partial charge on any atom is -0.490 e. The van der Waals surface area contributed by atoms with E-state index in [1.54, 1.807) is 4.90 Å². The molecule has 1 aromatic rings. The van der Waals surface area contributed by atoms with Crippen molar-refractivity contribution in [1.82, 2.24) is 10.2 Å². The molecule has 9 heteroatoms. The average molecular weight is 339 g/mol. The van der Waals surface area contributed by atoms with Gasteiger partial charge in [0.15, 0.2) is 0 Å². The van der Waals surface area contributed by atoms with Crippen molar-refractivity contribution < 1.29 is 17.9 Å². The molecule has 0 saturated carbocycles. The molecule has 0 atom stereocenters. The summed E-state index contributed by atoms with van der Waals surface area (Å²) in [4.78, 5) is 12.7. The number of rotatable bonds is 5. The fourth-order valence-corrected chi connectivity index (χ4v) is 3.02. The summed E-state index contributed by atoms with van der Waals surface area (Å²) < 4.78 is 28.2. The summed E-state index contributed by atoms with van der Waals surface area (Å²) in [5.74, 6) is 0.115. The van der Waals surface area contributed by atoms with Crippen LogP contribution in [0.4, 0.5) is 4.79 Å². The number of carbonyl (C=O) groups excluding carboxylic acids is 1. The van der Waals surface area contributed by atoms with Gasteiger partial charge in [0.05, 0.1) is 6.54 Å². The largest absolute Gasteiger partial charge is 0.490 e. The second-order valence-corrected chi connectivity index (χ2v) is 7.07. The summed E-state index contributed by atoms with van der Waals surface area (Å²) in [6.45, 7) is 1.72. The quantitative estimate of drug-likeness (QED) is 0.828. The van der Waals surface area contributed by atoms with E-state index in [4.69, 9.17) is 27.0 Å². The molecule has 20 heavy (non-hydrogen) atoms. The standard InChI is InChI=1S/C11H12Cl2N2O4S/c12-8-1-2-9(10(7-8)20(13,17)18)19-6-5-15-4-3-14-11(15)16/h1-2,7H,3-6H2,(H,14,16). The van der Waals surface area contributed by atoms with Crippen LogP contribution in [0.3, 0.4) is 0 Å². The van der Waals surface area contributed by atoms with Gasteiger partial charge in [-0.1, -0.05) is 11.6 Å². The van der Waals surface area contributed by atoms with Crippen LogP contribution < -0.4 is 10.1 Å². The Labute approximate surface area is 126 Å². The number of hydrogen-bond acceptors (Lipinski definition) is 4. The molecule has 0 unspecified atom stereocenters. The van der Waals surface area contributed by atoms with Crippen molar-refractivity contribution in [2.45, 2.75) is 4.90 Å². The number of carbonyl (C=O) groups is 1. The molecule has 1 fully saturated rings. The van der Waals surface area contributed by atoms with Gasteiger partial charge >= 0.3 is 6.03 Å². The van der Waals surface area contributed by atoms with Gasteiger partial charge in [-0.05, 0) is 18.2 Å². The first kappa shape index (κ1) is 15.2. The van der Waals surface area contributed by atoms with Crippen LogP contribution in [-0.2, 0) is 9.05 Å². The molecule has 1 aliphatic heterocycles. The molecule has 1 aromatic carbocycles. The van der Waals surface area contributed by atoms with Crippen LogP contribution in [0.5, 0.6) is 5.75 Å². The number of ether oxygens (including phenoxy) is 1. The van der Waals surface area contributed by atoms with Crippen LogP contribution >= 0.6 is 22.3 Å². The lowest BCUT2D eigenvalue weighted by Gasteiger charge is -2.15. The van der Waals surface area contributed by atoms with E-state index in [9.17, 15) is 13.2 Å². The van der Waals surface area contributed by atoms with Crippen molar-refractivity contribution in [3.8, 4) is 5.75 Å². The summed E-state index contributed by atoms with van der Waals surface area (Å²) in [6.07, 6.45) is 0. The Balaban J connectivity index is 2.04. The topological polar surface area (TPSA) is 75.7 Å². The highest BCUT2D eigenvalue weighted by molar-refractivity contribution is 8.13. The highest BCUT2D eigenvalue weighted by Crippen LogP contribution is 2.29. The van der Waals surface area contributed by atoms with Crippen molar-refractivity contribution >= 4 is 37.4 Å². The summed E-state index contributed by atoms with van der Waals surface area (Å²) in [5.41, 5.74) is 0. The third-order valence-electron chi connectivity index (χ3n) is 2.73. The zero-order valence-electron chi connectivity index (χ0n) is 10.3. The van der Waals surface area contributed by atoms with Crippen molar-refractivity contribution in [3.05, 3.63) is 23.2 Å². The van der Waals surface area contributed by atoms with Gasteiger partial charge in [0.2, 0.25) is 0 Å². The molecule has 1 saturated heterocycles. The van der Waals surface area contributed by atoms with E-state index in [0.717, 1.165) is 0 Å². The van der Waals surface area contributed by atoms with Crippen LogP contribution in [0.1, 0.15) is 0 Å². The maximum absolute atomic E-state index is 11.4. The number of hydrogen-bond donors (Lipinski definition) is 1. The Morgan fingerprint density at radius 3 is 2.75 bits per heavy atom. The van der Waals surface area contributed by atoms with Crippen molar-refractivity contribution in [2.75, 3.05) is 26.2 Å². The molecule has 1 heterocycles. The van der Waals surface area contributed by atoms with E-state index in [1.807, 2.05) is 0 Å². The fourth-order valence-electron chi connectivity index (χ4n) is 1.78. The normalized spacial score (nSPS) is 15.3. The molecule has 0 aromatic heterocycles. The van der Waals surface area contributed by atoms with Crippen LogP contribution in [0.25, 0.3) is 0 Å². The number of amides is 2. The molecule has 0 aliphatic carbocycles. The second-order valence-electron chi connectivity index (χ2n) is 4.10. The molecule has 2 rings (SSSR count). The predicted molar refractivity (Wildman–Crippen MR) is 75.0 cm³/mol. The molecule has 0 radical (unpaired) electrons. The zero-order chi connectivity index (χ0) is 14.8. The van der Waals surface area contributed by atoms with Crippen LogP contribution in [-0.4, -0.2) is 45.6 Å². The highest BCUT2D eigenvalue weighted by atomic mass is 35.7. The Morgan fingerprint density at radius 1 is 1.40 bits per heavy atom. The number of nitrogens with one attached hydrogen (secondary N) is 1. The SMILES string of the molecule is O=C1NCCN1CCOc1ccc(Cl)cc1S(=O)(=O)Cl. The Bertz CT molecular complexity index is 621. The molecule has 2 amide bonds. The molecule has 0 bridgehead atoms. The van der Waals surface area contributed by atoms with Gasteiger partial charge in [-0.15, -0.1) is 0 Å². The zero-order valence-corrected chi connectivity index (χ0v) is 12.6. The second kappa shape index (κ2) is 6.07. The van der Waals surface area contributed by atoms with Crippen molar-refractivity contribution in [2.24, 2.45) is 0 Å². The van der Waals surface area contributed by atoms with Crippen LogP contribution in [0.15, 0.2) is 23.1 Å². The predicted octanol–water partition coefficient (Wildman–Crippen LogP) is 1.67. The van der Waals surface area contributed by atoms with Gasteiger partial charge in [-0.2, -0.15) is 0 Å². The number of nitrogens with zero attached hydrogens (tertiary/aromatic N) is 1. The summed E-state index contributed by atoms with van der Waals surface area (Å²) in [5, 5.41) is 2.90. The summed E-state index contributed by atoms with van der Waals surface area (Å²) >= 11 is 5.74. The minimum atomic E-state index is -3.95. The van der Waals surface area contributed by atoms with E-state index in [-0.39, 0.29) is 28.3 Å². The van der Waals surface area contributed by atoms with E-state index in [2.05, 4.69) is 5.32 Å². The van der Waals surface area contributed by atoms with E-state index in [1.165, 1.54) is 18.2 Å². The molecule has 1 N–H and O–H groups in total. The number of urea groups is 1. The number of benzene rings is 1. The van der Waals surface area contributed by atoms with E-state index < -0.39 is 9.05 Å². The van der Waals surface area contributed by atoms with E-state index >= 15 is 0 Å². The first-order chi connectivity index (χ1) is 9.38. The Kier molecular flexibility index (Phi) is 4.62. The van der Waals surface area contributed by atoms with Crippen molar-refractivity contribution in [1.29, 1.82) is 0 Å². The first-order valence-electron chi connectivity index (χ1n) is 5.78. The van der Waals surface area contributed by atoms with Gasteiger partial charge in [-0.3, -0.25) is 0 Å². The molecule has 1 aliphatic rings. The fraction of sp³-hybridized carbons (Fsp3) is 0.364. The van der Waals surface area contributed by atoms with E-state index in [0.29, 0.717) is 19.6 Å². The van der Waals surface area contributed by atoms with Crippen molar-refractivity contribution in [3.63, 3.8) is 0 Å². The summed E-state index contributed by atoms with van der Waals surface area (Å²) in [6, 6.07) is 4.00.